The Labute approximate surface area is 277 Å². The number of hydrogen-bond acceptors (Lipinski definition) is 10. The maximum absolute atomic E-state index is 11.9. The Bertz CT molecular complexity index is 1170. The lowest BCUT2D eigenvalue weighted by molar-refractivity contribution is -0.728. The fraction of sp³-hybridized carbons (Fsp3) is 0.533. The fourth-order valence-electron chi connectivity index (χ4n) is 3.50. The number of hydrogen-bond donors (Lipinski definition) is 2. The van der Waals surface area contributed by atoms with Gasteiger partial charge in [-0.1, -0.05) is 18.0 Å². The lowest BCUT2D eigenvalue weighted by atomic mass is 10.2. The number of aromatic nitrogens is 1. The molecule has 1 heterocycles. The number of nitriles is 1. The average molecular weight is 716 g/mol. The van der Waals surface area contributed by atoms with Crippen molar-refractivity contribution in [2.24, 2.45) is 4.99 Å². The molecule has 45 heavy (non-hydrogen) atoms. The SMILES string of the molecule is COCCOCCOCCOCCOC(=O)OC[n+]1ccc(NC(=NCCCCCCOc2ccc(Cl)cc2)NC#N)c(Br)c1. The van der Waals surface area contributed by atoms with E-state index >= 15 is 0 Å². The van der Waals surface area contributed by atoms with E-state index in [4.69, 9.17) is 50.0 Å². The second kappa shape index (κ2) is 25.1. The molecular weight excluding hydrogens is 674 g/mol. The summed E-state index contributed by atoms with van der Waals surface area (Å²) < 4.78 is 39.1. The van der Waals surface area contributed by atoms with Gasteiger partial charge in [0.1, 0.15) is 16.8 Å². The lowest BCUT2D eigenvalue weighted by Gasteiger charge is -2.10. The molecule has 0 atom stereocenters. The molecule has 13 nitrogen and oxygen atoms in total. The topological polar surface area (TPSA) is 146 Å². The molecule has 15 heteroatoms. The molecule has 0 bridgehead atoms. The molecule has 0 amide bonds. The number of unbranched alkanes of at least 4 members (excludes halogenated alkanes) is 3. The van der Waals surface area contributed by atoms with E-state index in [2.05, 4.69) is 31.6 Å². The van der Waals surface area contributed by atoms with Gasteiger partial charge in [0, 0.05) is 24.7 Å². The van der Waals surface area contributed by atoms with E-state index < -0.39 is 6.16 Å². The van der Waals surface area contributed by atoms with Gasteiger partial charge in [0.25, 0.3) is 6.73 Å². The van der Waals surface area contributed by atoms with Gasteiger partial charge in [0.05, 0.1) is 58.5 Å². The number of pyridine rings is 1. The number of rotatable bonds is 23. The van der Waals surface area contributed by atoms with Crippen LogP contribution in [0, 0.1) is 11.5 Å². The predicted molar refractivity (Wildman–Crippen MR) is 171 cm³/mol. The number of guanidine groups is 1. The van der Waals surface area contributed by atoms with Gasteiger partial charge in [-0.2, -0.15) is 9.83 Å². The van der Waals surface area contributed by atoms with Crippen LogP contribution in [0.3, 0.4) is 0 Å². The van der Waals surface area contributed by atoms with E-state index in [1.54, 1.807) is 42.3 Å². The summed E-state index contributed by atoms with van der Waals surface area (Å²) in [5, 5.41) is 15.5. The molecule has 0 unspecified atom stereocenters. The van der Waals surface area contributed by atoms with Crippen LogP contribution in [0.25, 0.3) is 0 Å². The number of aliphatic imine (C=N–C) groups is 1. The fourth-order valence-corrected chi connectivity index (χ4v) is 4.12. The second-order valence-corrected chi connectivity index (χ2v) is 10.5. The Morgan fingerprint density at radius 1 is 0.911 bits per heavy atom. The van der Waals surface area contributed by atoms with Crippen LogP contribution in [-0.4, -0.2) is 85.2 Å². The molecule has 1 aromatic carbocycles. The minimum Gasteiger partial charge on any atom is -0.494 e. The van der Waals surface area contributed by atoms with Crippen LogP contribution in [0.1, 0.15) is 25.7 Å². The molecule has 0 aliphatic heterocycles. The summed E-state index contributed by atoms with van der Waals surface area (Å²) in [6.45, 7) is 4.26. The number of halogens is 2. The molecule has 0 aliphatic rings. The molecular formula is C30H42BrClN5O8+. The highest BCUT2D eigenvalue weighted by molar-refractivity contribution is 9.10. The van der Waals surface area contributed by atoms with Gasteiger partial charge in [-0.25, -0.2) is 4.79 Å². The molecule has 248 valence electrons. The summed E-state index contributed by atoms with van der Waals surface area (Å²) in [4.78, 5) is 16.4. The minimum absolute atomic E-state index is 0.0546. The maximum Gasteiger partial charge on any atom is 0.513 e. The standard InChI is InChI=1S/C30H41BrClN5O8/c1-39-14-15-40-16-17-41-18-19-42-20-21-44-30(38)45-24-37-12-10-28(27(31)22-37)36-29(35-23-33)34-11-4-2-3-5-13-43-26-8-6-25(32)7-9-26/h6-10,12,22H,2-5,11,13-21,24H2,1H3,(H,34,35)/p+1. The van der Waals surface area contributed by atoms with Gasteiger partial charge >= 0.3 is 6.16 Å². The Kier molecular flexibility index (Phi) is 21.2. The van der Waals surface area contributed by atoms with Crippen molar-refractivity contribution >= 4 is 45.3 Å². The van der Waals surface area contributed by atoms with Gasteiger partial charge in [-0.3, -0.25) is 10.3 Å². The Morgan fingerprint density at radius 2 is 1.58 bits per heavy atom. The lowest BCUT2D eigenvalue weighted by Crippen LogP contribution is -2.36. The Balaban J connectivity index is 1.57. The van der Waals surface area contributed by atoms with Crippen LogP contribution in [0.15, 0.2) is 52.2 Å². The van der Waals surface area contributed by atoms with Crippen LogP contribution in [-0.2, 0) is 35.2 Å². The van der Waals surface area contributed by atoms with Gasteiger partial charge in [-0.15, -0.1) is 0 Å². The first-order chi connectivity index (χ1) is 22.0. The first kappa shape index (κ1) is 38.0. The molecule has 0 radical (unpaired) electrons. The number of carbonyl (C=O) groups is 1. The molecule has 0 spiro atoms. The zero-order chi connectivity index (χ0) is 32.4. The summed E-state index contributed by atoms with van der Waals surface area (Å²) in [5.74, 6) is 1.14. The largest absolute Gasteiger partial charge is 0.513 e. The summed E-state index contributed by atoms with van der Waals surface area (Å²) in [7, 11) is 1.62. The third-order valence-electron chi connectivity index (χ3n) is 5.76. The van der Waals surface area contributed by atoms with Crippen molar-refractivity contribution in [1.82, 2.24) is 5.32 Å². The second-order valence-electron chi connectivity index (χ2n) is 9.23. The van der Waals surface area contributed by atoms with Crippen LogP contribution in [0.4, 0.5) is 10.5 Å². The molecule has 2 aromatic rings. The van der Waals surface area contributed by atoms with E-state index in [9.17, 15) is 4.79 Å². The molecule has 1 aromatic heterocycles. The van der Waals surface area contributed by atoms with Crippen LogP contribution >= 0.6 is 27.5 Å². The van der Waals surface area contributed by atoms with Crippen molar-refractivity contribution in [2.45, 2.75) is 32.4 Å². The number of methoxy groups -OCH3 is 1. The number of ether oxygens (including phenoxy) is 7. The third kappa shape index (κ3) is 19.0. The van der Waals surface area contributed by atoms with E-state index in [1.165, 1.54) is 0 Å². The molecule has 2 N–H and O–H groups in total. The summed E-state index contributed by atoms with van der Waals surface area (Å²) >= 11 is 9.37. The molecule has 0 saturated heterocycles. The van der Waals surface area contributed by atoms with Gasteiger partial charge in [0.15, 0.2) is 18.6 Å². The van der Waals surface area contributed by atoms with E-state index in [0.717, 1.165) is 31.4 Å². The van der Waals surface area contributed by atoms with Gasteiger partial charge in [0.2, 0.25) is 5.96 Å². The Hall–Kier alpha value is -3.19. The molecule has 0 aliphatic carbocycles. The van der Waals surface area contributed by atoms with Crippen molar-refractivity contribution in [3.05, 3.63) is 52.2 Å². The third-order valence-corrected chi connectivity index (χ3v) is 6.64. The predicted octanol–water partition coefficient (Wildman–Crippen LogP) is 4.67. The monoisotopic (exact) mass is 714 g/mol. The summed E-state index contributed by atoms with van der Waals surface area (Å²) in [6.07, 6.45) is 8.32. The molecule has 0 saturated carbocycles. The summed E-state index contributed by atoms with van der Waals surface area (Å²) in [5.41, 5.74) is 0.675. The van der Waals surface area contributed by atoms with E-state index in [1.807, 2.05) is 18.3 Å². The van der Waals surface area contributed by atoms with Crippen molar-refractivity contribution < 1.29 is 42.5 Å². The summed E-state index contributed by atoms with van der Waals surface area (Å²) in [6, 6.07) is 9.08. The number of nitrogens with zero attached hydrogens (tertiary/aromatic N) is 3. The minimum atomic E-state index is -0.810. The number of benzene rings is 1. The molecule has 0 fully saturated rings. The highest BCUT2D eigenvalue weighted by Gasteiger charge is 2.12. The van der Waals surface area contributed by atoms with Gasteiger partial charge < -0.3 is 38.5 Å². The maximum atomic E-state index is 11.9. The zero-order valence-electron chi connectivity index (χ0n) is 25.5. The van der Waals surface area contributed by atoms with Crippen LogP contribution < -0.4 is 19.9 Å². The first-order valence-corrected chi connectivity index (χ1v) is 15.7. The van der Waals surface area contributed by atoms with Crippen LogP contribution in [0.2, 0.25) is 5.02 Å². The number of nitrogens with one attached hydrogen (secondary N) is 2. The normalized spacial score (nSPS) is 11.1. The van der Waals surface area contributed by atoms with Crippen LogP contribution in [0.5, 0.6) is 5.75 Å². The number of carbonyl (C=O) groups excluding carboxylic acids is 1. The smallest absolute Gasteiger partial charge is 0.494 e. The first-order valence-electron chi connectivity index (χ1n) is 14.6. The average Bonchev–Trinajstić information content (AvgIpc) is 3.03. The van der Waals surface area contributed by atoms with Crippen molar-refractivity contribution in [2.75, 3.05) is 78.4 Å². The van der Waals surface area contributed by atoms with E-state index in [-0.39, 0.29) is 19.9 Å². The quantitative estimate of drug-likeness (QED) is 0.0315. The zero-order valence-corrected chi connectivity index (χ0v) is 27.9. The van der Waals surface area contributed by atoms with Crippen molar-refractivity contribution in [1.29, 1.82) is 5.26 Å². The van der Waals surface area contributed by atoms with Crippen molar-refractivity contribution in [3.8, 4) is 11.9 Å². The van der Waals surface area contributed by atoms with E-state index in [0.29, 0.717) is 73.9 Å². The highest BCUT2D eigenvalue weighted by atomic mass is 79.9. The van der Waals surface area contributed by atoms with Crippen molar-refractivity contribution in [3.63, 3.8) is 0 Å². The Morgan fingerprint density at radius 3 is 2.24 bits per heavy atom. The highest BCUT2D eigenvalue weighted by Crippen LogP contribution is 2.19. The molecule has 2 rings (SSSR count). The van der Waals surface area contributed by atoms with Gasteiger partial charge in [-0.05, 0) is 59.5 Å². The number of anilines is 1.